The molecule has 0 fully saturated rings. The lowest BCUT2D eigenvalue weighted by atomic mass is 10.1. The van der Waals surface area contributed by atoms with Crippen molar-refractivity contribution in [3.05, 3.63) is 89.7 Å². The number of nitrogens with two attached hydrogens (primary N) is 1. The van der Waals surface area contributed by atoms with Crippen LogP contribution in [0.4, 0.5) is 5.82 Å². The van der Waals surface area contributed by atoms with Gasteiger partial charge < -0.3 is 19.9 Å². The van der Waals surface area contributed by atoms with Crippen LogP contribution in [0.2, 0.25) is 0 Å². The third-order valence-electron chi connectivity index (χ3n) is 6.48. The predicted molar refractivity (Wildman–Crippen MR) is 154 cm³/mol. The number of imidazole rings is 1. The lowest BCUT2D eigenvalue weighted by Crippen LogP contribution is -2.22. The van der Waals surface area contributed by atoms with Crippen molar-refractivity contribution in [1.82, 2.24) is 19.4 Å². The molecule has 0 saturated heterocycles. The number of fused-ring (bicyclic) bond motifs is 1. The SMILES string of the molecule is CN(C)C(=O)c1ccccc1-c1ccc(-c2cc3c(nc(CCCOCc4ccccc4)n3C)c(N)n2)s1. The molecule has 5 rings (SSSR count). The molecule has 0 spiro atoms. The molecule has 194 valence electrons. The van der Waals surface area contributed by atoms with Crippen molar-refractivity contribution in [3.63, 3.8) is 0 Å². The van der Waals surface area contributed by atoms with Crippen LogP contribution in [-0.4, -0.2) is 46.0 Å². The van der Waals surface area contributed by atoms with E-state index in [1.807, 2.05) is 67.7 Å². The molecule has 0 saturated carbocycles. The number of pyridine rings is 1. The summed E-state index contributed by atoms with van der Waals surface area (Å²) >= 11 is 1.59. The summed E-state index contributed by atoms with van der Waals surface area (Å²) < 4.78 is 7.93. The fourth-order valence-electron chi connectivity index (χ4n) is 4.45. The standard InChI is InChI=1S/C30H31N5O2S/c1-34(2)30(36)22-13-8-7-12-21(22)25-15-16-26(38-25)23-18-24-28(29(31)32-23)33-27(35(24)3)14-9-17-37-19-20-10-5-4-6-11-20/h4-8,10-13,15-16,18H,9,14,17,19H2,1-3H3,(H2,31,32). The molecule has 0 bridgehead atoms. The Labute approximate surface area is 226 Å². The number of amides is 1. The first-order chi connectivity index (χ1) is 18.4. The first-order valence-corrected chi connectivity index (χ1v) is 13.4. The molecular formula is C30H31N5O2S. The zero-order chi connectivity index (χ0) is 26.6. The molecule has 7 nitrogen and oxygen atoms in total. The highest BCUT2D eigenvalue weighted by Crippen LogP contribution is 2.37. The number of anilines is 1. The van der Waals surface area contributed by atoms with Gasteiger partial charge in [0.2, 0.25) is 0 Å². The average molecular weight is 526 g/mol. The molecule has 0 aliphatic rings. The molecule has 2 aromatic carbocycles. The highest BCUT2D eigenvalue weighted by atomic mass is 32.1. The summed E-state index contributed by atoms with van der Waals surface area (Å²) in [5.41, 5.74) is 11.6. The smallest absolute Gasteiger partial charge is 0.253 e. The second-order valence-corrected chi connectivity index (χ2v) is 10.5. The van der Waals surface area contributed by atoms with Gasteiger partial charge in [-0.1, -0.05) is 48.5 Å². The van der Waals surface area contributed by atoms with Crippen LogP contribution in [0.3, 0.4) is 0 Å². The number of ether oxygens (including phenoxy) is 1. The Bertz CT molecular complexity index is 1570. The Hall–Kier alpha value is -4.01. The minimum absolute atomic E-state index is 0.0211. The summed E-state index contributed by atoms with van der Waals surface area (Å²) in [6, 6.07) is 24.0. The van der Waals surface area contributed by atoms with E-state index in [1.54, 1.807) is 30.3 Å². The summed E-state index contributed by atoms with van der Waals surface area (Å²) in [6.07, 6.45) is 1.65. The number of carbonyl (C=O) groups is 1. The summed E-state index contributed by atoms with van der Waals surface area (Å²) in [5.74, 6) is 1.35. The summed E-state index contributed by atoms with van der Waals surface area (Å²) in [4.78, 5) is 25.8. The van der Waals surface area contributed by atoms with E-state index in [1.165, 1.54) is 5.56 Å². The Kier molecular flexibility index (Phi) is 7.53. The van der Waals surface area contributed by atoms with Gasteiger partial charge in [0.1, 0.15) is 11.3 Å². The van der Waals surface area contributed by atoms with Crippen molar-refractivity contribution in [2.24, 2.45) is 7.05 Å². The van der Waals surface area contributed by atoms with Crippen molar-refractivity contribution < 1.29 is 9.53 Å². The van der Waals surface area contributed by atoms with Gasteiger partial charge in [-0.25, -0.2) is 9.97 Å². The van der Waals surface area contributed by atoms with Crippen molar-refractivity contribution >= 4 is 34.1 Å². The van der Waals surface area contributed by atoms with Crippen molar-refractivity contribution in [2.45, 2.75) is 19.4 Å². The minimum Gasteiger partial charge on any atom is -0.382 e. The summed E-state index contributed by atoms with van der Waals surface area (Å²) in [7, 11) is 5.54. The number of carbonyl (C=O) groups excluding carboxylic acids is 1. The van der Waals surface area contributed by atoms with Crippen LogP contribution in [-0.2, 0) is 24.8 Å². The number of hydrogen-bond acceptors (Lipinski definition) is 6. The van der Waals surface area contributed by atoms with Gasteiger partial charge in [-0.15, -0.1) is 11.3 Å². The van der Waals surface area contributed by atoms with E-state index in [0.717, 1.165) is 50.7 Å². The van der Waals surface area contributed by atoms with Crippen LogP contribution in [0.1, 0.15) is 28.2 Å². The van der Waals surface area contributed by atoms with Crippen LogP contribution in [0.25, 0.3) is 32.0 Å². The maximum Gasteiger partial charge on any atom is 0.253 e. The van der Waals surface area contributed by atoms with Gasteiger partial charge in [0, 0.05) is 50.2 Å². The fourth-order valence-corrected chi connectivity index (χ4v) is 5.46. The van der Waals surface area contributed by atoms with Crippen LogP contribution < -0.4 is 5.73 Å². The monoisotopic (exact) mass is 525 g/mol. The van der Waals surface area contributed by atoms with E-state index in [9.17, 15) is 4.79 Å². The van der Waals surface area contributed by atoms with Gasteiger partial charge in [0.05, 0.1) is 22.7 Å². The number of aromatic nitrogens is 3. The van der Waals surface area contributed by atoms with Crippen LogP contribution >= 0.6 is 11.3 Å². The largest absolute Gasteiger partial charge is 0.382 e. The van der Waals surface area contributed by atoms with Crippen molar-refractivity contribution in [1.29, 1.82) is 0 Å². The molecule has 0 unspecified atom stereocenters. The first kappa shape index (κ1) is 25.6. The van der Waals surface area contributed by atoms with Crippen LogP contribution in [0.5, 0.6) is 0 Å². The van der Waals surface area contributed by atoms with Gasteiger partial charge in [0.25, 0.3) is 5.91 Å². The molecule has 0 aliphatic heterocycles. The zero-order valence-corrected chi connectivity index (χ0v) is 22.7. The fraction of sp³-hybridized carbons (Fsp3) is 0.233. The number of hydrogen-bond donors (Lipinski definition) is 1. The zero-order valence-electron chi connectivity index (χ0n) is 21.8. The van der Waals surface area contributed by atoms with Gasteiger partial charge in [0.15, 0.2) is 5.82 Å². The molecule has 0 atom stereocenters. The summed E-state index contributed by atoms with van der Waals surface area (Å²) in [6.45, 7) is 1.27. The van der Waals surface area contributed by atoms with E-state index in [4.69, 9.17) is 15.5 Å². The Balaban J connectivity index is 1.34. The van der Waals surface area contributed by atoms with Gasteiger partial charge >= 0.3 is 0 Å². The van der Waals surface area contributed by atoms with Crippen LogP contribution in [0, 0.1) is 0 Å². The number of rotatable bonds is 9. The highest BCUT2D eigenvalue weighted by molar-refractivity contribution is 7.18. The van der Waals surface area contributed by atoms with Gasteiger partial charge in [-0.3, -0.25) is 4.79 Å². The van der Waals surface area contributed by atoms with E-state index >= 15 is 0 Å². The van der Waals surface area contributed by atoms with Gasteiger partial charge in [-0.05, 0) is 36.2 Å². The molecule has 0 radical (unpaired) electrons. The second kappa shape index (κ2) is 11.2. The Morgan fingerprint density at radius 1 is 1.00 bits per heavy atom. The van der Waals surface area contributed by atoms with E-state index in [2.05, 4.69) is 21.7 Å². The molecular weight excluding hydrogens is 494 g/mol. The van der Waals surface area contributed by atoms with E-state index in [-0.39, 0.29) is 5.91 Å². The number of nitrogens with zero attached hydrogens (tertiary/aromatic N) is 4. The minimum atomic E-state index is -0.0211. The third kappa shape index (κ3) is 5.32. The molecule has 3 aromatic heterocycles. The molecule has 3 heterocycles. The maximum absolute atomic E-state index is 12.7. The molecule has 8 heteroatoms. The van der Waals surface area contributed by atoms with Crippen LogP contribution in [0.15, 0.2) is 72.8 Å². The Morgan fingerprint density at radius 2 is 1.74 bits per heavy atom. The topological polar surface area (TPSA) is 86.3 Å². The second-order valence-electron chi connectivity index (χ2n) is 9.40. The summed E-state index contributed by atoms with van der Waals surface area (Å²) in [5, 5.41) is 0. The molecule has 2 N–H and O–H groups in total. The third-order valence-corrected chi connectivity index (χ3v) is 7.62. The number of nitrogen functional groups attached to an aromatic ring is 1. The van der Waals surface area contributed by atoms with E-state index < -0.39 is 0 Å². The lowest BCUT2D eigenvalue weighted by molar-refractivity contribution is 0.0828. The lowest BCUT2D eigenvalue weighted by Gasteiger charge is -2.13. The predicted octanol–water partition coefficient (Wildman–Crippen LogP) is 5.80. The molecule has 38 heavy (non-hydrogen) atoms. The highest BCUT2D eigenvalue weighted by Gasteiger charge is 2.18. The van der Waals surface area contributed by atoms with E-state index in [0.29, 0.717) is 24.6 Å². The molecule has 1 amide bonds. The maximum atomic E-state index is 12.7. The first-order valence-electron chi connectivity index (χ1n) is 12.6. The van der Waals surface area contributed by atoms with Gasteiger partial charge in [-0.2, -0.15) is 0 Å². The molecule has 0 aliphatic carbocycles. The molecule has 5 aromatic rings. The normalized spacial score (nSPS) is 11.2. The van der Waals surface area contributed by atoms with Crippen molar-refractivity contribution in [3.8, 4) is 21.0 Å². The number of aryl methyl sites for hydroxylation is 2. The number of thiophene rings is 1. The van der Waals surface area contributed by atoms with Crippen molar-refractivity contribution in [2.75, 3.05) is 26.4 Å². The Morgan fingerprint density at radius 3 is 2.53 bits per heavy atom. The average Bonchev–Trinajstić information content (AvgIpc) is 3.54. The number of benzene rings is 2. The quantitative estimate of drug-likeness (QED) is 0.246.